The van der Waals surface area contributed by atoms with E-state index < -0.39 is 0 Å². The number of hydrogen-bond acceptors (Lipinski definition) is 7. The van der Waals surface area contributed by atoms with Gasteiger partial charge in [0.25, 0.3) is 0 Å². The van der Waals surface area contributed by atoms with Crippen LogP contribution in [0.15, 0.2) is 12.1 Å². The number of carbonyl (C=O) groups is 2. The van der Waals surface area contributed by atoms with Gasteiger partial charge in [0.05, 0.1) is 25.4 Å². The van der Waals surface area contributed by atoms with Crippen LogP contribution >= 0.6 is 0 Å². The molecule has 0 saturated carbocycles. The third kappa shape index (κ3) is 5.18. The Bertz CT molecular complexity index is 714. The van der Waals surface area contributed by atoms with Gasteiger partial charge in [-0.05, 0) is 26.8 Å². The second-order valence-electron chi connectivity index (χ2n) is 7.48. The van der Waals surface area contributed by atoms with Crippen LogP contribution in [0.2, 0.25) is 0 Å². The molecule has 0 aliphatic carbocycles. The number of ketones is 1. The Labute approximate surface area is 159 Å². The van der Waals surface area contributed by atoms with Crippen molar-refractivity contribution in [2.45, 2.75) is 26.3 Å². The van der Waals surface area contributed by atoms with E-state index >= 15 is 0 Å². The molecular formula is C19H27N3O5. The summed E-state index contributed by atoms with van der Waals surface area (Å²) in [5.41, 5.74) is 0.609. The number of nitrogens with one attached hydrogen (secondary N) is 2. The van der Waals surface area contributed by atoms with Crippen LogP contribution in [0, 0.1) is 0 Å². The van der Waals surface area contributed by atoms with E-state index in [1.807, 2.05) is 0 Å². The normalized spacial score (nSPS) is 17.0. The molecule has 2 aliphatic rings. The number of benzene rings is 1. The number of ether oxygens (including phenoxy) is 3. The summed E-state index contributed by atoms with van der Waals surface area (Å²) in [5, 5.41) is 6.10. The van der Waals surface area contributed by atoms with Gasteiger partial charge in [-0.3, -0.25) is 14.5 Å². The molecule has 8 nitrogen and oxygen atoms in total. The Balaban J connectivity index is 1.58. The Hall–Kier alpha value is -2.16. The summed E-state index contributed by atoms with van der Waals surface area (Å²) >= 11 is 0. The average molecular weight is 377 g/mol. The quantitative estimate of drug-likeness (QED) is 0.692. The molecule has 0 atom stereocenters. The largest absolute Gasteiger partial charge is 0.454 e. The molecule has 0 bridgehead atoms. The second-order valence-corrected chi connectivity index (χ2v) is 7.48. The lowest BCUT2D eigenvalue weighted by Crippen LogP contribution is -2.53. The molecule has 1 saturated heterocycles. The molecule has 0 radical (unpaired) electrons. The Kier molecular flexibility index (Phi) is 5.98. The summed E-state index contributed by atoms with van der Waals surface area (Å²) in [6, 6.07) is 3.24. The fourth-order valence-electron chi connectivity index (χ4n) is 3.22. The third-order valence-electron chi connectivity index (χ3n) is 4.62. The summed E-state index contributed by atoms with van der Waals surface area (Å²) in [5.74, 6) is 0.675. The highest BCUT2D eigenvalue weighted by molar-refractivity contribution is 6.05. The molecule has 1 amide bonds. The molecular weight excluding hydrogens is 350 g/mol. The van der Waals surface area contributed by atoms with Gasteiger partial charge >= 0.3 is 0 Å². The predicted octanol–water partition coefficient (Wildman–Crippen LogP) is 1.26. The van der Waals surface area contributed by atoms with Gasteiger partial charge in [0.15, 0.2) is 17.3 Å². The zero-order valence-corrected chi connectivity index (χ0v) is 16.1. The van der Waals surface area contributed by atoms with Gasteiger partial charge in [0, 0.05) is 36.8 Å². The van der Waals surface area contributed by atoms with Crippen molar-refractivity contribution in [3.8, 4) is 11.5 Å². The Morgan fingerprint density at radius 2 is 1.81 bits per heavy atom. The topological polar surface area (TPSA) is 89.1 Å². The fourth-order valence-corrected chi connectivity index (χ4v) is 3.22. The zero-order chi connectivity index (χ0) is 19.4. The molecule has 8 heteroatoms. The molecule has 1 fully saturated rings. The maximum atomic E-state index is 12.4. The minimum atomic E-state index is -0.229. The number of Topliss-reactive ketones (excluding diaryl/α,β-unsaturated/α-hetero) is 1. The van der Waals surface area contributed by atoms with Crippen molar-refractivity contribution in [2.75, 3.05) is 51.5 Å². The molecule has 2 N–H and O–H groups in total. The highest BCUT2D eigenvalue weighted by atomic mass is 16.7. The maximum Gasteiger partial charge on any atom is 0.238 e. The molecule has 27 heavy (non-hydrogen) atoms. The Morgan fingerprint density at radius 3 is 2.48 bits per heavy atom. The van der Waals surface area contributed by atoms with E-state index in [2.05, 4.69) is 29.4 Å². The van der Waals surface area contributed by atoms with Crippen LogP contribution in [-0.2, 0) is 9.53 Å². The number of carbonyl (C=O) groups excluding carboxylic acids is 2. The highest BCUT2D eigenvalue weighted by Gasteiger charge is 2.24. The molecule has 0 unspecified atom stereocenters. The van der Waals surface area contributed by atoms with E-state index in [0.717, 1.165) is 32.8 Å². The number of fused-ring (bicyclic) bond motifs is 1. The van der Waals surface area contributed by atoms with Crippen LogP contribution in [-0.4, -0.2) is 68.3 Å². The van der Waals surface area contributed by atoms with E-state index in [0.29, 0.717) is 22.7 Å². The molecule has 0 spiro atoms. The first-order valence-corrected chi connectivity index (χ1v) is 9.14. The van der Waals surface area contributed by atoms with Crippen molar-refractivity contribution >= 4 is 17.4 Å². The minimum Gasteiger partial charge on any atom is -0.454 e. The number of nitrogens with zero attached hydrogens (tertiary/aromatic N) is 1. The average Bonchev–Trinajstić information content (AvgIpc) is 3.07. The molecule has 2 heterocycles. The van der Waals surface area contributed by atoms with Crippen molar-refractivity contribution in [3.63, 3.8) is 0 Å². The van der Waals surface area contributed by atoms with Crippen molar-refractivity contribution in [2.24, 2.45) is 0 Å². The molecule has 3 rings (SSSR count). The van der Waals surface area contributed by atoms with Gasteiger partial charge < -0.3 is 24.8 Å². The summed E-state index contributed by atoms with van der Waals surface area (Å²) < 4.78 is 16.0. The van der Waals surface area contributed by atoms with E-state index in [1.54, 1.807) is 12.1 Å². The number of anilines is 1. The van der Waals surface area contributed by atoms with Crippen LogP contribution in [0.4, 0.5) is 5.69 Å². The summed E-state index contributed by atoms with van der Waals surface area (Å²) in [7, 11) is 0. The van der Waals surface area contributed by atoms with Gasteiger partial charge in [0.1, 0.15) is 0 Å². The molecule has 1 aromatic rings. The summed E-state index contributed by atoms with van der Waals surface area (Å²) in [6.45, 7) is 9.96. The van der Waals surface area contributed by atoms with Crippen LogP contribution in [0.1, 0.15) is 31.1 Å². The lowest BCUT2D eigenvalue weighted by Gasteiger charge is -2.35. The van der Waals surface area contributed by atoms with E-state index in [4.69, 9.17) is 14.2 Å². The van der Waals surface area contributed by atoms with Crippen molar-refractivity contribution < 1.29 is 23.8 Å². The van der Waals surface area contributed by atoms with Gasteiger partial charge in [0.2, 0.25) is 12.7 Å². The second kappa shape index (κ2) is 8.24. The van der Waals surface area contributed by atoms with E-state index in [-0.39, 0.29) is 30.6 Å². The SMILES string of the molecule is CC(=O)c1cc2c(cc1NC(=O)CNC(C)(C)CN1CCOCC1)OCO2. The van der Waals surface area contributed by atoms with Gasteiger partial charge in [-0.2, -0.15) is 0 Å². The van der Waals surface area contributed by atoms with Crippen LogP contribution in [0.5, 0.6) is 11.5 Å². The summed E-state index contributed by atoms with van der Waals surface area (Å²) in [4.78, 5) is 26.7. The molecule has 0 aromatic heterocycles. The first-order valence-electron chi connectivity index (χ1n) is 9.14. The van der Waals surface area contributed by atoms with Crippen molar-refractivity contribution in [1.82, 2.24) is 10.2 Å². The summed E-state index contributed by atoms with van der Waals surface area (Å²) in [6.07, 6.45) is 0. The number of rotatable bonds is 7. The minimum absolute atomic E-state index is 0.112. The monoisotopic (exact) mass is 377 g/mol. The first kappa shape index (κ1) is 19.6. The lowest BCUT2D eigenvalue weighted by molar-refractivity contribution is -0.115. The van der Waals surface area contributed by atoms with Crippen molar-refractivity contribution in [3.05, 3.63) is 17.7 Å². The van der Waals surface area contributed by atoms with Crippen molar-refractivity contribution in [1.29, 1.82) is 0 Å². The van der Waals surface area contributed by atoms with Gasteiger partial charge in [-0.25, -0.2) is 0 Å². The van der Waals surface area contributed by atoms with E-state index in [1.165, 1.54) is 6.92 Å². The number of morpholine rings is 1. The fraction of sp³-hybridized carbons (Fsp3) is 0.579. The van der Waals surface area contributed by atoms with Gasteiger partial charge in [-0.15, -0.1) is 0 Å². The first-order chi connectivity index (χ1) is 12.8. The van der Waals surface area contributed by atoms with Gasteiger partial charge in [-0.1, -0.05) is 0 Å². The van der Waals surface area contributed by atoms with Crippen LogP contribution in [0.25, 0.3) is 0 Å². The maximum absolute atomic E-state index is 12.4. The van der Waals surface area contributed by atoms with Crippen LogP contribution < -0.4 is 20.1 Å². The number of amides is 1. The van der Waals surface area contributed by atoms with Crippen LogP contribution in [0.3, 0.4) is 0 Å². The standard InChI is InChI=1S/C19H27N3O5/c1-13(23)14-8-16-17(27-12-26-16)9-15(14)21-18(24)10-20-19(2,3)11-22-4-6-25-7-5-22/h8-9,20H,4-7,10-12H2,1-3H3,(H,21,24). The smallest absolute Gasteiger partial charge is 0.238 e. The molecule has 1 aromatic carbocycles. The third-order valence-corrected chi connectivity index (χ3v) is 4.62. The lowest BCUT2D eigenvalue weighted by atomic mass is 10.0. The molecule has 2 aliphatic heterocycles. The molecule has 148 valence electrons. The number of hydrogen-bond donors (Lipinski definition) is 2. The Morgan fingerprint density at radius 1 is 1.15 bits per heavy atom. The zero-order valence-electron chi connectivity index (χ0n) is 16.1. The predicted molar refractivity (Wildman–Crippen MR) is 101 cm³/mol. The highest BCUT2D eigenvalue weighted by Crippen LogP contribution is 2.37. The van der Waals surface area contributed by atoms with E-state index in [9.17, 15) is 9.59 Å².